The Morgan fingerprint density at radius 2 is 2.05 bits per heavy atom. The van der Waals surface area contributed by atoms with E-state index in [4.69, 9.17) is 5.11 Å². The molecular formula is C13H17N3O3S. The first kappa shape index (κ1) is 14.7. The molecule has 2 rings (SSSR count). The molecule has 0 aliphatic carbocycles. The lowest BCUT2D eigenvalue weighted by Gasteiger charge is -2.18. The van der Waals surface area contributed by atoms with E-state index in [0.29, 0.717) is 12.8 Å². The van der Waals surface area contributed by atoms with E-state index in [0.717, 1.165) is 5.56 Å². The number of H-pyrrole nitrogens is 1. The van der Waals surface area contributed by atoms with Gasteiger partial charge in [-0.25, -0.2) is 18.1 Å². The summed E-state index contributed by atoms with van der Waals surface area (Å²) in [6, 6.07) is 8.92. The van der Waals surface area contributed by atoms with E-state index >= 15 is 0 Å². The molecule has 1 aromatic carbocycles. The van der Waals surface area contributed by atoms with Crippen molar-refractivity contribution >= 4 is 10.0 Å². The van der Waals surface area contributed by atoms with Crippen molar-refractivity contribution in [1.29, 1.82) is 0 Å². The van der Waals surface area contributed by atoms with E-state index in [1.165, 1.54) is 12.5 Å². The number of aromatic amines is 1. The van der Waals surface area contributed by atoms with Crippen LogP contribution in [0.15, 0.2) is 47.9 Å². The predicted octanol–water partition coefficient (Wildman–Crippen LogP) is 1.20. The van der Waals surface area contributed by atoms with Crippen molar-refractivity contribution in [2.24, 2.45) is 0 Å². The number of sulfonamides is 1. The van der Waals surface area contributed by atoms with E-state index < -0.39 is 10.0 Å². The summed E-state index contributed by atoms with van der Waals surface area (Å²) in [5.41, 5.74) is 0.865. The Kier molecular flexibility index (Phi) is 4.89. The Morgan fingerprint density at radius 1 is 1.30 bits per heavy atom. The molecule has 6 nitrogen and oxygen atoms in total. The molecule has 0 spiro atoms. The molecule has 7 heteroatoms. The van der Waals surface area contributed by atoms with Gasteiger partial charge in [0.15, 0.2) is 5.03 Å². The Labute approximate surface area is 117 Å². The molecule has 1 heterocycles. The van der Waals surface area contributed by atoms with Crippen molar-refractivity contribution in [3.63, 3.8) is 0 Å². The lowest BCUT2D eigenvalue weighted by Crippen LogP contribution is -2.29. The van der Waals surface area contributed by atoms with Crippen LogP contribution >= 0.6 is 0 Å². The van der Waals surface area contributed by atoms with Gasteiger partial charge in [-0.2, -0.15) is 0 Å². The Morgan fingerprint density at radius 3 is 2.65 bits per heavy atom. The first-order chi connectivity index (χ1) is 9.63. The minimum Gasteiger partial charge on any atom is -0.396 e. The first-order valence-corrected chi connectivity index (χ1v) is 7.78. The normalized spacial score (nSPS) is 13.2. The molecule has 1 aromatic heterocycles. The standard InChI is InChI=1S/C13H17N3O3S/c17-8-4-7-12(11-5-2-1-3-6-11)16-20(18,19)13-9-14-10-15-13/h1-3,5-6,9-10,12,16-17H,4,7-8H2,(H,14,15). The molecule has 0 saturated heterocycles. The maximum Gasteiger partial charge on any atom is 0.258 e. The topological polar surface area (TPSA) is 95.1 Å². The van der Waals surface area contributed by atoms with Crippen LogP contribution in [0.4, 0.5) is 0 Å². The number of aliphatic hydroxyl groups excluding tert-OH is 1. The molecule has 2 aromatic rings. The van der Waals surface area contributed by atoms with Gasteiger partial charge in [0.05, 0.1) is 12.5 Å². The molecule has 0 aliphatic rings. The van der Waals surface area contributed by atoms with Gasteiger partial charge in [-0.1, -0.05) is 30.3 Å². The molecule has 0 amide bonds. The summed E-state index contributed by atoms with van der Waals surface area (Å²) >= 11 is 0. The highest BCUT2D eigenvalue weighted by molar-refractivity contribution is 7.89. The van der Waals surface area contributed by atoms with Crippen LogP contribution in [0.1, 0.15) is 24.4 Å². The van der Waals surface area contributed by atoms with Gasteiger partial charge in [0.25, 0.3) is 10.0 Å². The summed E-state index contributed by atoms with van der Waals surface area (Å²) in [5, 5.41) is 8.98. The fraction of sp³-hybridized carbons (Fsp3) is 0.308. The van der Waals surface area contributed by atoms with Crippen molar-refractivity contribution in [1.82, 2.24) is 14.7 Å². The van der Waals surface area contributed by atoms with Crippen LogP contribution in [0.5, 0.6) is 0 Å². The fourth-order valence-electron chi connectivity index (χ4n) is 1.92. The third-order valence-electron chi connectivity index (χ3n) is 2.91. The quantitative estimate of drug-likeness (QED) is 0.715. The molecule has 108 valence electrons. The van der Waals surface area contributed by atoms with Gasteiger partial charge in [-0.15, -0.1) is 0 Å². The SMILES string of the molecule is O=S(=O)(NC(CCCO)c1ccccc1)c1cnc[nH]1. The van der Waals surface area contributed by atoms with Gasteiger partial charge in [-0.05, 0) is 18.4 Å². The molecule has 20 heavy (non-hydrogen) atoms. The van der Waals surface area contributed by atoms with Crippen LogP contribution in [0.25, 0.3) is 0 Å². The van der Waals surface area contributed by atoms with Crippen LogP contribution < -0.4 is 4.72 Å². The lowest BCUT2D eigenvalue weighted by molar-refractivity contribution is 0.278. The summed E-state index contributed by atoms with van der Waals surface area (Å²) in [6.07, 6.45) is 3.62. The smallest absolute Gasteiger partial charge is 0.258 e. The zero-order valence-corrected chi connectivity index (χ0v) is 11.7. The summed E-state index contributed by atoms with van der Waals surface area (Å²) in [5.74, 6) is 0. The molecule has 3 N–H and O–H groups in total. The maximum atomic E-state index is 12.2. The Hall–Kier alpha value is -1.70. The third kappa shape index (κ3) is 3.66. The largest absolute Gasteiger partial charge is 0.396 e. The van der Waals surface area contributed by atoms with Crippen LogP contribution in [0, 0.1) is 0 Å². The van der Waals surface area contributed by atoms with Gasteiger partial charge in [0, 0.05) is 12.6 Å². The van der Waals surface area contributed by atoms with Crippen LogP contribution in [-0.4, -0.2) is 30.1 Å². The average molecular weight is 295 g/mol. The van der Waals surface area contributed by atoms with E-state index in [-0.39, 0.29) is 17.7 Å². The molecule has 0 fully saturated rings. The molecule has 1 atom stereocenters. The maximum absolute atomic E-state index is 12.2. The molecule has 0 bridgehead atoms. The van der Waals surface area contributed by atoms with Crippen molar-refractivity contribution < 1.29 is 13.5 Å². The number of rotatable bonds is 7. The van der Waals surface area contributed by atoms with Crippen LogP contribution in [0.2, 0.25) is 0 Å². The molecular weight excluding hydrogens is 278 g/mol. The second-order valence-corrected chi connectivity index (χ2v) is 6.05. The minimum atomic E-state index is -3.64. The van der Waals surface area contributed by atoms with Gasteiger partial charge in [0.2, 0.25) is 0 Å². The number of aromatic nitrogens is 2. The van der Waals surface area contributed by atoms with Gasteiger partial charge in [-0.3, -0.25) is 0 Å². The summed E-state index contributed by atoms with van der Waals surface area (Å²) in [7, 11) is -3.64. The van der Waals surface area contributed by atoms with Crippen molar-refractivity contribution in [2.45, 2.75) is 23.9 Å². The second-order valence-electron chi connectivity index (χ2n) is 4.37. The number of aliphatic hydroxyl groups is 1. The van der Waals surface area contributed by atoms with Crippen molar-refractivity contribution in [3.05, 3.63) is 48.4 Å². The number of hydrogen-bond donors (Lipinski definition) is 3. The molecule has 0 aliphatic heterocycles. The van der Waals surface area contributed by atoms with E-state index in [1.807, 2.05) is 30.3 Å². The van der Waals surface area contributed by atoms with E-state index in [2.05, 4.69) is 14.7 Å². The lowest BCUT2D eigenvalue weighted by atomic mass is 10.0. The second kappa shape index (κ2) is 6.65. The molecule has 1 unspecified atom stereocenters. The van der Waals surface area contributed by atoms with E-state index in [1.54, 1.807) is 0 Å². The van der Waals surface area contributed by atoms with Crippen LogP contribution in [-0.2, 0) is 10.0 Å². The number of hydrogen-bond acceptors (Lipinski definition) is 4. The van der Waals surface area contributed by atoms with Gasteiger partial charge >= 0.3 is 0 Å². The zero-order chi connectivity index (χ0) is 14.4. The Bertz CT molecular complexity index is 612. The third-order valence-corrected chi connectivity index (χ3v) is 4.31. The number of nitrogens with zero attached hydrogens (tertiary/aromatic N) is 1. The van der Waals surface area contributed by atoms with Gasteiger partial charge < -0.3 is 10.1 Å². The Balaban J connectivity index is 2.20. The van der Waals surface area contributed by atoms with E-state index in [9.17, 15) is 8.42 Å². The molecule has 0 saturated carbocycles. The van der Waals surface area contributed by atoms with Gasteiger partial charge in [0.1, 0.15) is 0 Å². The zero-order valence-electron chi connectivity index (χ0n) is 10.9. The number of nitrogens with one attached hydrogen (secondary N) is 2. The average Bonchev–Trinajstić information content (AvgIpc) is 2.99. The van der Waals surface area contributed by atoms with Crippen molar-refractivity contribution in [2.75, 3.05) is 6.61 Å². The number of imidazole rings is 1. The van der Waals surface area contributed by atoms with Crippen LogP contribution in [0.3, 0.4) is 0 Å². The summed E-state index contributed by atoms with van der Waals surface area (Å²) < 4.78 is 27.0. The summed E-state index contributed by atoms with van der Waals surface area (Å²) in [6.45, 7) is 0.0229. The fourth-order valence-corrected chi connectivity index (χ4v) is 3.08. The molecule has 0 radical (unpaired) electrons. The first-order valence-electron chi connectivity index (χ1n) is 6.30. The number of benzene rings is 1. The van der Waals surface area contributed by atoms with Crippen molar-refractivity contribution in [3.8, 4) is 0 Å². The highest BCUT2D eigenvalue weighted by Gasteiger charge is 2.22. The predicted molar refractivity (Wildman–Crippen MR) is 74.4 cm³/mol. The summed E-state index contributed by atoms with van der Waals surface area (Å²) in [4.78, 5) is 6.30. The minimum absolute atomic E-state index is 0.0229. The highest BCUT2D eigenvalue weighted by atomic mass is 32.2. The highest BCUT2D eigenvalue weighted by Crippen LogP contribution is 2.20. The monoisotopic (exact) mass is 295 g/mol.